The smallest absolute Gasteiger partial charge is 0.126 e. The van der Waals surface area contributed by atoms with Crippen molar-refractivity contribution in [1.29, 1.82) is 0 Å². The maximum atomic E-state index is 6.78. The molecule has 0 saturated heterocycles. The average Bonchev–Trinajstić information content (AvgIpc) is 2.79. The molecular formula is C37H62N2OS2. The molecule has 1 atom stereocenters. The van der Waals surface area contributed by atoms with Crippen LogP contribution in [0.1, 0.15) is 133 Å². The first-order valence-corrected chi connectivity index (χ1v) is 17.3. The highest BCUT2D eigenvalue weighted by Crippen LogP contribution is 2.50. The summed E-state index contributed by atoms with van der Waals surface area (Å²) in [5.41, 5.74) is 12.6. The molecule has 5 heteroatoms. The van der Waals surface area contributed by atoms with Crippen molar-refractivity contribution in [3.63, 3.8) is 0 Å². The summed E-state index contributed by atoms with van der Waals surface area (Å²) in [6.07, 6.45) is 0. The lowest BCUT2D eigenvalue weighted by atomic mass is 9.79. The van der Waals surface area contributed by atoms with E-state index in [1.54, 1.807) is 0 Å². The highest BCUT2D eigenvalue weighted by molar-refractivity contribution is 8.18. The van der Waals surface area contributed by atoms with Crippen LogP contribution in [0.4, 0.5) is 5.69 Å². The number of rotatable bonds is 10. The number of thioether (sulfide) groups is 2. The van der Waals surface area contributed by atoms with Crippen LogP contribution in [0.15, 0.2) is 34.1 Å². The van der Waals surface area contributed by atoms with Crippen molar-refractivity contribution in [1.82, 2.24) is 5.32 Å². The normalized spacial score (nSPS) is 14.3. The summed E-state index contributed by atoms with van der Waals surface area (Å²) in [4.78, 5) is 2.57. The van der Waals surface area contributed by atoms with Gasteiger partial charge >= 0.3 is 0 Å². The van der Waals surface area contributed by atoms with E-state index in [0.29, 0.717) is 12.5 Å². The van der Waals surface area contributed by atoms with Crippen LogP contribution >= 0.6 is 23.5 Å². The number of ether oxygens (including phenoxy) is 1. The minimum absolute atomic E-state index is 0.0267. The first-order valence-electron chi connectivity index (χ1n) is 15.7. The molecule has 0 fully saturated rings. The number of nitrogens with two attached hydrogens (primary N) is 1. The summed E-state index contributed by atoms with van der Waals surface area (Å²) >= 11 is 3.87. The molecule has 0 bridgehead atoms. The van der Waals surface area contributed by atoms with Gasteiger partial charge in [-0.1, -0.05) is 96.9 Å². The van der Waals surface area contributed by atoms with E-state index in [0.717, 1.165) is 24.5 Å². The minimum Gasteiger partial charge on any atom is -0.493 e. The zero-order valence-corrected chi connectivity index (χ0v) is 31.4. The molecule has 2 rings (SSSR count). The molecule has 0 aliphatic heterocycles. The van der Waals surface area contributed by atoms with Gasteiger partial charge in [-0.3, -0.25) is 0 Å². The summed E-state index contributed by atoms with van der Waals surface area (Å²) in [5.74, 6) is 1.50. The van der Waals surface area contributed by atoms with Gasteiger partial charge in [0.1, 0.15) is 5.75 Å². The first-order chi connectivity index (χ1) is 18.9. The van der Waals surface area contributed by atoms with Crippen molar-refractivity contribution >= 4 is 29.2 Å². The predicted molar refractivity (Wildman–Crippen MR) is 191 cm³/mol. The zero-order valence-electron chi connectivity index (χ0n) is 29.8. The summed E-state index contributed by atoms with van der Waals surface area (Å²) in [5, 5.41) is 3.46. The van der Waals surface area contributed by atoms with Crippen LogP contribution in [0.3, 0.4) is 0 Å². The summed E-state index contributed by atoms with van der Waals surface area (Å²) in [7, 11) is 0. The van der Waals surface area contributed by atoms with Crippen molar-refractivity contribution in [2.45, 2.75) is 146 Å². The van der Waals surface area contributed by atoms with Gasteiger partial charge in [-0.2, -0.15) is 0 Å². The van der Waals surface area contributed by atoms with E-state index in [-0.39, 0.29) is 25.7 Å². The summed E-state index contributed by atoms with van der Waals surface area (Å²) < 4.78 is 6.59. The topological polar surface area (TPSA) is 47.3 Å². The van der Waals surface area contributed by atoms with Crippen LogP contribution in [0.5, 0.6) is 5.75 Å². The molecule has 3 nitrogen and oxygen atoms in total. The van der Waals surface area contributed by atoms with E-state index in [2.05, 4.69) is 140 Å². The maximum absolute atomic E-state index is 6.78. The van der Waals surface area contributed by atoms with Crippen LogP contribution in [0.25, 0.3) is 0 Å². The van der Waals surface area contributed by atoms with Crippen LogP contribution < -0.4 is 15.8 Å². The Morgan fingerprint density at radius 3 is 1.36 bits per heavy atom. The van der Waals surface area contributed by atoms with Crippen molar-refractivity contribution < 1.29 is 4.74 Å². The number of hydrogen-bond donors (Lipinski definition) is 2. The Morgan fingerprint density at radius 1 is 0.667 bits per heavy atom. The Balaban J connectivity index is 2.57. The molecule has 0 saturated carbocycles. The van der Waals surface area contributed by atoms with E-state index >= 15 is 0 Å². The molecule has 0 amide bonds. The Morgan fingerprint density at radius 2 is 1.02 bits per heavy atom. The standard InChI is InChI=1S/C37H62N2OS2/c1-17-39-22-24(2)23-40-32-29(35(9,10)11)20-26(21-30(32)36(12,13)14)42-37(15,16)41-25-18-27(33(3,4)5)31(38)28(19-25)34(6,7)8/h18-21,24,39H,17,22-23,38H2,1-16H3. The van der Waals surface area contributed by atoms with Crippen LogP contribution in [-0.4, -0.2) is 23.8 Å². The van der Waals surface area contributed by atoms with Gasteiger partial charge in [0.2, 0.25) is 0 Å². The summed E-state index contributed by atoms with van der Waals surface area (Å²) in [6, 6.07) is 9.42. The third-order valence-electron chi connectivity index (χ3n) is 7.43. The van der Waals surface area contributed by atoms with Crippen molar-refractivity contribution in [3.8, 4) is 5.75 Å². The average molecular weight is 615 g/mol. The Hall–Kier alpha value is -1.30. The second-order valence-electron chi connectivity index (χ2n) is 16.6. The van der Waals surface area contributed by atoms with E-state index < -0.39 is 0 Å². The van der Waals surface area contributed by atoms with E-state index in [1.807, 2.05) is 23.5 Å². The van der Waals surface area contributed by atoms with E-state index in [9.17, 15) is 0 Å². The van der Waals surface area contributed by atoms with Crippen LogP contribution in [-0.2, 0) is 21.7 Å². The lowest BCUT2D eigenvalue weighted by molar-refractivity contribution is 0.245. The highest BCUT2D eigenvalue weighted by Gasteiger charge is 2.32. The second-order valence-corrected chi connectivity index (χ2v) is 20.3. The molecule has 0 spiro atoms. The maximum Gasteiger partial charge on any atom is 0.126 e. The van der Waals surface area contributed by atoms with Crippen molar-refractivity contribution in [2.75, 3.05) is 25.4 Å². The number of benzene rings is 2. The van der Waals surface area contributed by atoms with Gasteiger partial charge < -0.3 is 15.8 Å². The van der Waals surface area contributed by atoms with E-state index in [4.69, 9.17) is 10.5 Å². The molecule has 0 radical (unpaired) electrons. The number of anilines is 1. The number of nitrogens with one attached hydrogen (secondary N) is 1. The molecule has 238 valence electrons. The molecule has 3 N–H and O–H groups in total. The van der Waals surface area contributed by atoms with Crippen molar-refractivity contribution in [2.24, 2.45) is 5.92 Å². The molecule has 42 heavy (non-hydrogen) atoms. The molecule has 0 heterocycles. The lowest BCUT2D eigenvalue weighted by Crippen LogP contribution is -2.26. The number of hydrogen-bond acceptors (Lipinski definition) is 5. The number of nitrogen functional groups attached to an aromatic ring is 1. The molecule has 2 aromatic rings. The Kier molecular flexibility index (Phi) is 11.7. The van der Waals surface area contributed by atoms with Gasteiger partial charge in [0.15, 0.2) is 0 Å². The van der Waals surface area contributed by atoms with Crippen LogP contribution in [0.2, 0.25) is 0 Å². The fourth-order valence-corrected chi connectivity index (χ4v) is 7.71. The van der Waals surface area contributed by atoms with Crippen LogP contribution in [0, 0.1) is 5.92 Å². The quantitative estimate of drug-likeness (QED) is 0.158. The van der Waals surface area contributed by atoms with Gasteiger partial charge in [-0.15, -0.1) is 23.5 Å². The molecule has 2 aromatic carbocycles. The Labute approximate surface area is 268 Å². The molecular weight excluding hydrogens is 553 g/mol. The fourth-order valence-electron chi connectivity index (χ4n) is 5.12. The fraction of sp³-hybridized carbons (Fsp3) is 0.676. The minimum atomic E-state index is -0.104. The molecule has 0 aliphatic rings. The lowest BCUT2D eigenvalue weighted by Gasteiger charge is -2.33. The molecule has 0 aliphatic carbocycles. The predicted octanol–water partition coefficient (Wildman–Crippen LogP) is 10.7. The third kappa shape index (κ3) is 10.1. The van der Waals surface area contributed by atoms with Gasteiger partial charge in [-0.25, -0.2) is 0 Å². The SMILES string of the molecule is CCNCC(C)COc1c(C(C)(C)C)cc(SC(C)(C)Sc2cc(C(C)(C)C)c(N)c(C(C)(C)C)c2)cc1C(C)(C)C. The first kappa shape index (κ1) is 36.9. The van der Waals surface area contributed by atoms with Crippen molar-refractivity contribution in [3.05, 3.63) is 46.5 Å². The zero-order chi connectivity index (χ0) is 32.5. The second kappa shape index (κ2) is 13.4. The monoisotopic (exact) mass is 614 g/mol. The van der Waals surface area contributed by atoms with Gasteiger partial charge in [0, 0.05) is 39.1 Å². The highest BCUT2D eigenvalue weighted by atomic mass is 32.2. The van der Waals surface area contributed by atoms with E-state index in [1.165, 1.54) is 32.0 Å². The summed E-state index contributed by atoms with van der Waals surface area (Å²) in [6.45, 7) is 39.1. The molecule has 0 aromatic heterocycles. The Bertz CT molecular complexity index is 1130. The molecule has 1 unspecified atom stereocenters. The third-order valence-corrected chi connectivity index (χ3v) is 9.86. The largest absolute Gasteiger partial charge is 0.493 e. The van der Waals surface area contributed by atoms with Gasteiger partial charge in [0.05, 0.1) is 10.7 Å². The van der Waals surface area contributed by atoms with Gasteiger partial charge in [0.25, 0.3) is 0 Å². The van der Waals surface area contributed by atoms with Gasteiger partial charge in [-0.05, 0) is 77.4 Å².